The van der Waals surface area contributed by atoms with E-state index in [1.54, 1.807) is 16.5 Å². The lowest BCUT2D eigenvalue weighted by Crippen LogP contribution is -2.69. The minimum atomic E-state index is -0.767. The average Bonchev–Trinajstić information content (AvgIpc) is 2.77. The molecule has 2 heterocycles. The van der Waals surface area contributed by atoms with Gasteiger partial charge in [0.15, 0.2) is 0 Å². The van der Waals surface area contributed by atoms with Gasteiger partial charge >= 0.3 is 0 Å². The molecule has 1 aliphatic rings. The number of rotatable bonds is 4. The lowest BCUT2D eigenvalue weighted by Gasteiger charge is -2.44. The number of hydrogen-bond acceptors (Lipinski definition) is 3. The first-order valence-corrected chi connectivity index (χ1v) is 7.47. The Morgan fingerprint density at radius 3 is 2.43 bits per heavy atom. The van der Waals surface area contributed by atoms with Gasteiger partial charge in [-0.05, 0) is 32.8 Å². The molecule has 1 unspecified atom stereocenters. The summed E-state index contributed by atoms with van der Waals surface area (Å²) in [7, 11) is 1.86. The molecule has 1 atom stereocenters. The van der Waals surface area contributed by atoms with Gasteiger partial charge in [0.05, 0.1) is 17.9 Å². The van der Waals surface area contributed by atoms with Crippen molar-refractivity contribution < 1.29 is 9.59 Å². The fourth-order valence-corrected chi connectivity index (χ4v) is 2.91. The van der Waals surface area contributed by atoms with Gasteiger partial charge in [0, 0.05) is 7.05 Å². The second-order valence-corrected chi connectivity index (χ2v) is 5.79. The van der Waals surface area contributed by atoms with E-state index in [4.69, 9.17) is 0 Å². The summed E-state index contributed by atoms with van der Waals surface area (Å²) in [5, 5.41) is 7.21. The van der Waals surface area contributed by atoms with Gasteiger partial charge in [-0.1, -0.05) is 13.8 Å². The third-order valence-corrected chi connectivity index (χ3v) is 4.52. The minimum absolute atomic E-state index is 0.00143. The lowest BCUT2D eigenvalue weighted by atomic mass is 9.87. The Hall–Kier alpha value is -1.85. The molecule has 1 aromatic heterocycles. The zero-order valence-corrected chi connectivity index (χ0v) is 13.4. The molecule has 0 aromatic carbocycles. The maximum Gasteiger partial charge on any atom is 0.249 e. The van der Waals surface area contributed by atoms with Gasteiger partial charge in [-0.2, -0.15) is 5.10 Å². The molecule has 0 radical (unpaired) electrons. The van der Waals surface area contributed by atoms with Crippen molar-refractivity contribution in [1.29, 1.82) is 0 Å². The highest BCUT2D eigenvalue weighted by molar-refractivity contribution is 5.99. The van der Waals surface area contributed by atoms with E-state index in [1.807, 2.05) is 33.9 Å². The number of carbonyl (C=O) groups is 2. The molecule has 6 nitrogen and oxygen atoms in total. The van der Waals surface area contributed by atoms with Crippen LogP contribution in [0.1, 0.15) is 45.0 Å². The summed E-state index contributed by atoms with van der Waals surface area (Å²) in [4.78, 5) is 26.8. The molecule has 1 N–H and O–H groups in total. The summed E-state index contributed by atoms with van der Waals surface area (Å²) in [6, 6.07) is 1.49. The monoisotopic (exact) mass is 292 g/mol. The number of aromatic nitrogens is 2. The predicted octanol–water partition coefficient (Wildman–Crippen LogP) is 1.13. The molecule has 6 heteroatoms. The molecule has 1 aromatic rings. The highest BCUT2D eigenvalue weighted by atomic mass is 16.2. The summed E-state index contributed by atoms with van der Waals surface area (Å²) in [6.07, 6.45) is 1.20. The number of carbonyl (C=O) groups excluding carboxylic acids is 2. The van der Waals surface area contributed by atoms with E-state index in [-0.39, 0.29) is 11.8 Å². The summed E-state index contributed by atoms with van der Waals surface area (Å²) >= 11 is 0. The summed E-state index contributed by atoms with van der Waals surface area (Å²) in [5.41, 5.74) is 1.08. The van der Waals surface area contributed by atoms with Gasteiger partial charge in [-0.15, -0.1) is 0 Å². The van der Waals surface area contributed by atoms with Crippen molar-refractivity contribution in [3.05, 3.63) is 17.5 Å². The van der Waals surface area contributed by atoms with Gasteiger partial charge < -0.3 is 10.2 Å². The van der Waals surface area contributed by atoms with E-state index in [2.05, 4.69) is 10.4 Å². The van der Waals surface area contributed by atoms with Crippen LogP contribution < -0.4 is 5.32 Å². The van der Waals surface area contributed by atoms with Crippen LogP contribution >= 0.6 is 0 Å². The average molecular weight is 292 g/mol. The van der Waals surface area contributed by atoms with Crippen molar-refractivity contribution in [3.8, 4) is 0 Å². The highest BCUT2D eigenvalue weighted by Crippen LogP contribution is 2.26. The number of hydrogen-bond donors (Lipinski definition) is 1. The standard InChI is InChI=1S/C15H24N4O2/c1-6-15(7-2)14(21)19(11(4)13(20)16-15)9-12-8-10(3)17-18(12)5/h8,11H,6-7,9H2,1-5H3,(H,16,20). The van der Waals surface area contributed by atoms with Gasteiger partial charge in [0.1, 0.15) is 11.6 Å². The molecule has 1 saturated heterocycles. The van der Waals surface area contributed by atoms with E-state index in [9.17, 15) is 9.59 Å². The van der Waals surface area contributed by atoms with Gasteiger partial charge in [-0.3, -0.25) is 14.3 Å². The number of nitrogens with one attached hydrogen (secondary N) is 1. The minimum Gasteiger partial charge on any atom is -0.340 e. The van der Waals surface area contributed by atoms with Crippen molar-refractivity contribution in [2.24, 2.45) is 7.05 Å². The maximum absolute atomic E-state index is 12.9. The first-order chi connectivity index (χ1) is 9.84. The van der Waals surface area contributed by atoms with E-state index >= 15 is 0 Å². The molecule has 0 bridgehead atoms. The van der Waals surface area contributed by atoms with Gasteiger partial charge in [-0.25, -0.2) is 0 Å². The quantitative estimate of drug-likeness (QED) is 0.904. The Morgan fingerprint density at radius 2 is 1.95 bits per heavy atom. The van der Waals surface area contributed by atoms with Crippen LogP contribution in [0.15, 0.2) is 6.07 Å². The highest BCUT2D eigenvalue weighted by Gasteiger charge is 2.47. The van der Waals surface area contributed by atoms with Gasteiger partial charge in [0.25, 0.3) is 0 Å². The molecular weight excluding hydrogens is 268 g/mol. The third-order valence-electron chi connectivity index (χ3n) is 4.52. The zero-order chi connectivity index (χ0) is 15.8. The first kappa shape index (κ1) is 15.5. The van der Waals surface area contributed by atoms with E-state index in [0.29, 0.717) is 19.4 Å². The number of aryl methyl sites for hydroxylation is 2. The molecule has 2 amide bonds. The Kier molecular flexibility index (Phi) is 4.07. The summed E-state index contributed by atoms with van der Waals surface area (Å²) in [5.74, 6) is -0.0874. The van der Waals surface area contributed by atoms with Crippen molar-refractivity contribution in [2.45, 2.75) is 58.7 Å². The third kappa shape index (κ3) is 2.54. The van der Waals surface area contributed by atoms with Crippen LogP contribution in [0.4, 0.5) is 0 Å². The molecule has 1 aliphatic heterocycles. The number of nitrogens with zero attached hydrogens (tertiary/aromatic N) is 3. The van der Waals surface area contributed by atoms with E-state index in [1.165, 1.54) is 0 Å². The Morgan fingerprint density at radius 1 is 1.33 bits per heavy atom. The zero-order valence-electron chi connectivity index (χ0n) is 13.4. The van der Waals surface area contributed by atoms with Crippen molar-refractivity contribution in [3.63, 3.8) is 0 Å². The lowest BCUT2D eigenvalue weighted by molar-refractivity contribution is -0.155. The molecule has 1 fully saturated rings. The molecule has 0 spiro atoms. The second-order valence-electron chi connectivity index (χ2n) is 5.79. The van der Waals surface area contributed by atoms with Crippen molar-refractivity contribution in [1.82, 2.24) is 20.0 Å². The molecule has 21 heavy (non-hydrogen) atoms. The molecule has 116 valence electrons. The first-order valence-electron chi connectivity index (χ1n) is 7.47. The predicted molar refractivity (Wildman–Crippen MR) is 79.4 cm³/mol. The Bertz CT molecular complexity index is 560. The molecule has 0 aliphatic carbocycles. The number of amides is 2. The van der Waals surface area contributed by atoms with Crippen LogP contribution in [0.5, 0.6) is 0 Å². The topological polar surface area (TPSA) is 67.2 Å². The van der Waals surface area contributed by atoms with Gasteiger partial charge in [0.2, 0.25) is 11.8 Å². The van der Waals surface area contributed by atoms with Crippen LogP contribution in [0.25, 0.3) is 0 Å². The smallest absolute Gasteiger partial charge is 0.249 e. The summed E-state index contributed by atoms with van der Waals surface area (Å²) < 4.78 is 1.77. The number of piperazine rings is 1. The largest absolute Gasteiger partial charge is 0.340 e. The van der Waals surface area contributed by atoms with Crippen LogP contribution in [0.3, 0.4) is 0 Å². The fourth-order valence-electron chi connectivity index (χ4n) is 2.91. The molecule has 2 rings (SSSR count). The van der Waals surface area contributed by atoms with Crippen LogP contribution in [-0.2, 0) is 23.2 Å². The van der Waals surface area contributed by atoms with Crippen LogP contribution in [0.2, 0.25) is 0 Å². The Balaban J connectivity index is 2.33. The van der Waals surface area contributed by atoms with E-state index < -0.39 is 11.6 Å². The Labute approximate surface area is 125 Å². The molecular formula is C15H24N4O2. The summed E-state index contributed by atoms with van der Waals surface area (Å²) in [6.45, 7) is 7.96. The molecule has 0 saturated carbocycles. The second kappa shape index (κ2) is 5.50. The van der Waals surface area contributed by atoms with Crippen molar-refractivity contribution >= 4 is 11.8 Å². The van der Waals surface area contributed by atoms with Crippen LogP contribution in [0, 0.1) is 6.92 Å². The van der Waals surface area contributed by atoms with E-state index in [0.717, 1.165) is 11.4 Å². The SMILES string of the molecule is CCC1(CC)NC(=O)C(C)N(Cc2cc(C)nn2C)C1=O. The fraction of sp³-hybridized carbons (Fsp3) is 0.667. The van der Waals surface area contributed by atoms with Crippen molar-refractivity contribution in [2.75, 3.05) is 0 Å². The maximum atomic E-state index is 12.9. The van der Waals surface area contributed by atoms with Crippen LogP contribution in [-0.4, -0.2) is 38.1 Å². The normalized spacial score (nSPS) is 21.6.